The van der Waals surface area contributed by atoms with Crippen molar-refractivity contribution >= 4 is 5.97 Å². The van der Waals surface area contributed by atoms with Gasteiger partial charge in [0.1, 0.15) is 5.75 Å². The third-order valence-electron chi connectivity index (χ3n) is 4.06. The molecule has 5 N–H and O–H groups in total. The first-order chi connectivity index (χ1) is 11.9. The zero-order valence-corrected chi connectivity index (χ0v) is 14.0. The quantitative estimate of drug-likeness (QED) is 0.499. The summed E-state index contributed by atoms with van der Waals surface area (Å²) in [6.07, 6.45) is -0.0629. The van der Waals surface area contributed by atoms with Crippen molar-refractivity contribution in [3.8, 4) is 5.75 Å². The molecule has 0 heterocycles. The Morgan fingerprint density at radius 2 is 1.84 bits per heavy atom. The number of hydrogen-bond acceptors (Lipinski definition) is 5. The fraction of sp³-hybridized carbons (Fsp3) is 0.316. The van der Waals surface area contributed by atoms with Gasteiger partial charge in [0.05, 0.1) is 18.3 Å². The highest BCUT2D eigenvalue weighted by atomic mass is 16.4. The van der Waals surface area contributed by atoms with Crippen molar-refractivity contribution in [2.45, 2.75) is 32.1 Å². The van der Waals surface area contributed by atoms with E-state index >= 15 is 0 Å². The summed E-state index contributed by atoms with van der Waals surface area (Å²) in [5, 5.41) is 41.1. The van der Waals surface area contributed by atoms with Crippen LogP contribution in [0.15, 0.2) is 42.5 Å². The summed E-state index contributed by atoms with van der Waals surface area (Å²) in [6.45, 7) is 2.01. The summed E-state index contributed by atoms with van der Waals surface area (Å²) in [5.41, 5.74) is 2.26. The Kier molecular flexibility index (Phi) is 6.52. The van der Waals surface area contributed by atoms with Gasteiger partial charge in [-0.05, 0) is 48.7 Å². The van der Waals surface area contributed by atoms with Crippen LogP contribution in [0.3, 0.4) is 0 Å². The predicted octanol–water partition coefficient (Wildman–Crippen LogP) is 1.84. The molecule has 0 aliphatic heterocycles. The molecule has 134 valence electrons. The van der Waals surface area contributed by atoms with E-state index in [4.69, 9.17) is 10.2 Å². The van der Waals surface area contributed by atoms with E-state index in [1.54, 1.807) is 36.4 Å². The van der Waals surface area contributed by atoms with E-state index in [-0.39, 0.29) is 24.0 Å². The van der Waals surface area contributed by atoms with Crippen molar-refractivity contribution < 1.29 is 25.2 Å². The van der Waals surface area contributed by atoms with Crippen LogP contribution >= 0.6 is 0 Å². The highest BCUT2D eigenvalue weighted by Gasteiger charge is 2.12. The molecule has 2 unspecified atom stereocenters. The molecule has 0 fully saturated rings. The lowest BCUT2D eigenvalue weighted by molar-refractivity contribution is 0.0697. The molecular weight excluding hydrogens is 322 g/mol. The second kappa shape index (κ2) is 8.62. The molecule has 0 spiro atoms. The van der Waals surface area contributed by atoms with Crippen molar-refractivity contribution in [1.29, 1.82) is 0 Å². The predicted molar refractivity (Wildman–Crippen MR) is 93.6 cm³/mol. The lowest BCUT2D eigenvalue weighted by Gasteiger charge is -2.18. The molecular formula is C19H23NO5. The van der Waals surface area contributed by atoms with Gasteiger partial charge < -0.3 is 25.7 Å². The third-order valence-corrected chi connectivity index (χ3v) is 4.06. The zero-order chi connectivity index (χ0) is 18.4. The molecule has 6 heteroatoms. The Hall–Kier alpha value is -2.41. The topological polar surface area (TPSA) is 110 Å². The Bertz CT molecular complexity index is 714. The maximum Gasteiger partial charge on any atom is 0.335 e. The van der Waals surface area contributed by atoms with E-state index in [1.807, 2.05) is 6.92 Å². The second-order valence-corrected chi connectivity index (χ2v) is 6.08. The van der Waals surface area contributed by atoms with Gasteiger partial charge in [-0.15, -0.1) is 0 Å². The van der Waals surface area contributed by atoms with Crippen LogP contribution in [0.4, 0.5) is 0 Å². The van der Waals surface area contributed by atoms with Crippen molar-refractivity contribution in [2.75, 3.05) is 6.54 Å². The Labute approximate surface area is 146 Å². The highest BCUT2D eigenvalue weighted by Crippen LogP contribution is 2.22. The summed E-state index contributed by atoms with van der Waals surface area (Å²) >= 11 is 0. The van der Waals surface area contributed by atoms with Crippen LogP contribution in [-0.4, -0.2) is 39.0 Å². The fourth-order valence-corrected chi connectivity index (χ4v) is 2.58. The van der Waals surface area contributed by atoms with Gasteiger partial charge in [-0.1, -0.05) is 18.2 Å². The normalized spacial score (nSPS) is 13.4. The molecule has 0 radical (unpaired) electrons. The van der Waals surface area contributed by atoms with E-state index in [0.29, 0.717) is 24.1 Å². The number of aliphatic hydroxyl groups is 2. The van der Waals surface area contributed by atoms with Crippen molar-refractivity contribution in [3.05, 3.63) is 64.7 Å². The minimum Gasteiger partial charge on any atom is -0.508 e. The molecule has 0 aliphatic carbocycles. The monoisotopic (exact) mass is 345 g/mol. The molecule has 2 aromatic rings. The van der Waals surface area contributed by atoms with E-state index in [0.717, 1.165) is 5.56 Å². The standard InChI is InChI=1S/C19H23NO5/c1-12(8-13-2-4-14(5-3-13)19(24)25)20-10-18(23)15-6-7-17(22)16(9-15)11-21/h2-7,9,12,18,20-23H,8,10-11H2,1H3,(H,24,25). The number of carboxylic acids is 1. The third kappa shape index (κ3) is 5.29. The van der Waals surface area contributed by atoms with Crippen LogP contribution in [0, 0.1) is 0 Å². The van der Waals surface area contributed by atoms with Gasteiger partial charge in [0.15, 0.2) is 0 Å². The van der Waals surface area contributed by atoms with Crippen LogP contribution in [0.1, 0.15) is 40.1 Å². The molecule has 0 saturated carbocycles. The van der Waals surface area contributed by atoms with Crippen LogP contribution in [-0.2, 0) is 13.0 Å². The Morgan fingerprint density at radius 1 is 1.16 bits per heavy atom. The zero-order valence-electron chi connectivity index (χ0n) is 14.0. The van der Waals surface area contributed by atoms with Crippen molar-refractivity contribution in [1.82, 2.24) is 5.32 Å². The largest absolute Gasteiger partial charge is 0.508 e. The molecule has 6 nitrogen and oxygen atoms in total. The number of aromatic hydroxyl groups is 1. The molecule has 0 amide bonds. The number of carboxylic acid groups (broad SMARTS) is 1. The lowest BCUT2D eigenvalue weighted by Crippen LogP contribution is -2.32. The summed E-state index contributed by atoms with van der Waals surface area (Å²) in [7, 11) is 0. The van der Waals surface area contributed by atoms with Gasteiger partial charge in [0, 0.05) is 18.2 Å². The minimum atomic E-state index is -0.947. The average molecular weight is 345 g/mol. The van der Waals surface area contributed by atoms with Crippen LogP contribution in [0.2, 0.25) is 0 Å². The van der Waals surface area contributed by atoms with Crippen molar-refractivity contribution in [2.24, 2.45) is 0 Å². The number of nitrogens with one attached hydrogen (secondary N) is 1. The number of hydrogen-bond donors (Lipinski definition) is 5. The molecule has 2 aromatic carbocycles. The summed E-state index contributed by atoms with van der Waals surface area (Å²) in [6, 6.07) is 11.5. The Balaban J connectivity index is 1.88. The molecule has 0 aliphatic rings. The van der Waals surface area contributed by atoms with Crippen LogP contribution in [0.25, 0.3) is 0 Å². The van der Waals surface area contributed by atoms with Gasteiger partial charge >= 0.3 is 5.97 Å². The highest BCUT2D eigenvalue weighted by molar-refractivity contribution is 5.87. The first kappa shape index (κ1) is 18.9. The fourth-order valence-electron chi connectivity index (χ4n) is 2.58. The van der Waals surface area contributed by atoms with Gasteiger partial charge in [-0.2, -0.15) is 0 Å². The van der Waals surface area contributed by atoms with E-state index < -0.39 is 12.1 Å². The summed E-state index contributed by atoms with van der Waals surface area (Å²) < 4.78 is 0. The second-order valence-electron chi connectivity index (χ2n) is 6.08. The number of aromatic carboxylic acids is 1. The maximum absolute atomic E-state index is 10.8. The first-order valence-corrected chi connectivity index (χ1v) is 8.07. The summed E-state index contributed by atoms with van der Waals surface area (Å²) in [5.74, 6) is -0.943. The van der Waals surface area contributed by atoms with E-state index in [1.165, 1.54) is 6.07 Å². The molecule has 0 bridgehead atoms. The van der Waals surface area contributed by atoms with Gasteiger partial charge in [0.2, 0.25) is 0 Å². The minimum absolute atomic E-state index is 0.00425. The Morgan fingerprint density at radius 3 is 2.44 bits per heavy atom. The summed E-state index contributed by atoms with van der Waals surface area (Å²) in [4.78, 5) is 10.8. The van der Waals surface area contributed by atoms with Crippen LogP contribution < -0.4 is 5.32 Å². The number of benzene rings is 2. The van der Waals surface area contributed by atoms with Crippen LogP contribution in [0.5, 0.6) is 5.75 Å². The molecule has 2 atom stereocenters. The number of carbonyl (C=O) groups is 1. The molecule has 25 heavy (non-hydrogen) atoms. The van der Waals surface area contributed by atoms with Gasteiger partial charge in [0.25, 0.3) is 0 Å². The number of aliphatic hydroxyl groups excluding tert-OH is 2. The molecule has 0 saturated heterocycles. The van der Waals surface area contributed by atoms with E-state index in [9.17, 15) is 15.0 Å². The maximum atomic E-state index is 10.8. The van der Waals surface area contributed by atoms with Gasteiger partial charge in [-0.25, -0.2) is 4.79 Å². The average Bonchev–Trinajstić information content (AvgIpc) is 2.60. The first-order valence-electron chi connectivity index (χ1n) is 8.07. The SMILES string of the molecule is CC(Cc1ccc(C(=O)O)cc1)NCC(O)c1ccc(O)c(CO)c1. The lowest BCUT2D eigenvalue weighted by atomic mass is 10.0. The van der Waals surface area contributed by atoms with Crippen molar-refractivity contribution in [3.63, 3.8) is 0 Å². The smallest absolute Gasteiger partial charge is 0.335 e. The molecule has 0 aromatic heterocycles. The van der Waals surface area contributed by atoms with Gasteiger partial charge in [-0.3, -0.25) is 0 Å². The van der Waals surface area contributed by atoms with E-state index in [2.05, 4.69) is 5.32 Å². The number of phenols is 1. The number of rotatable bonds is 8. The molecule has 2 rings (SSSR count).